The smallest absolute Gasteiger partial charge is 0.232 e. The molecule has 1 aromatic rings. The third-order valence-corrected chi connectivity index (χ3v) is 12.0. The molecule has 0 bridgehead atoms. The standard InChI is InChI=1S/C43H85N9.2CH4/c1-13-16-19-20-21-22-23-24-25-26-27-44-34-45-37-46-38(51(28-17-14-2)35-30-40(4,5)49-41(6,7)31-35)48-39(47-37)52(29-18-15-3)36-32-42(8,9)50(12)43(10,11)33-36;;/h35-36,44,49H,13-34H2,1-12H3,(H,45,46,47,48);2*1H4. The van der Waals surface area contributed by atoms with E-state index in [9.17, 15) is 0 Å². The van der Waals surface area contributed by atoms with E-state index in [2.05, 4.69) is 114 Å². The lowest BCUT2D eigenvalue weighted by molar-refractivity contribution is -0.0129. The molecular weight excluding hydrogens is 667 g/mol. The average Bonchev–Trinajstić information content (AvgIpc) is 3.04. The molecule has 2 saturated heterocycles. The fourth-order valence-electron chi connectivity index (χ4n) is 9.23. The van der Waals surface area contributed by atoms with Crippen LogP contribution >= 0.6 is 0 Å². The number of hydrogen-bond donors (Lipinski definition) is 3. The molecule has 0 aromatic carbocycles. The zero-order valence-corrected chi connectivity index (χ0v) is 36.4. The van der Waals surface area contributed by atoms with Crippen LogP contribution in [0.15, 0.2) is 0 Å². The maximum absolute atomic E-state index is 5.45. The first-order valence-corrected chi connectivity index (χ1v) is 21.8. The Hall–Kier alpha value is -1.71. The quantitative estimate of drug-likeness (QED) is 0.0704. The predicted octanol–water partition coefficient (Wildman–Crippen LogP) is 11.2. The van der Waals surface area contributed by atoms with Crippen molar-refractivity contribution in [2.75, 3.05) is 48.5 Å². The highest BCUT2D eigenvalue weighted by Gasteiger charge is 2.46. The van der Waals surface area contributed by atoms with Crippen LogP contribution in [0.1, 0.15) is 207 Å². The van der Waals surface area contributed by atoms with Crippen molar-refractivity contribution in [3.05, 3.63) is 0 Å². The number of aromatic nitrogens is 3. The number of hydrogen-bond acceptors (Lipinski definition) is 9. The number of piperidine rings is 2. The number of likely N-dealkylation sites (tertiary alicyclic amines) is 1. The monoisotopic (exact) mass is 760 g/mol. The van der Waals surface area contributed by atoms with Gasteiger partial charge in [0, 0.05) is 47.3 Å². The van der Waals surface area contributed by atoms with Gasteiger partial charge in [-0.2, -0.15) is 15.0 Å². The number of anilines is 3. The van der Waals surface area contributed by atoms with Crippen molar-refractivity contribution in [1.82, 2.24) is 30.5 Å². The zero-order valence-electron chi connectivity index (χ0n) is 36.4. The van der Waals surface area contributed by atoms with Gasteiger partial charge in [0.2, 0.25) is 17.8 Å². The Labute approximate surface area is 336 Å². The van der Waals surface area contributed by atoms with Gasteiger partial charge >= 0.3 is 0 Å². The van der Waals surface area contributed by atoms with E-state index in [1.54, 1.807) is 0 Å². The van der Waals surface area contributed by atoms with Crippen LogP contribution in [0.5, 0.6) is 0 Å². The molecule has 0 atom stereocenters. The van der Waals surface area contributed by atoms with Crippen LogP contribution in [0, 0.1) is 0 Å². The van der Waals surface area contributed by atoms with Gasteiger partial charge in [0.1, 0.15) is 0 Å². The summed E-state index contributed by atoms with van der Waals surface area (Å²) in [6.45, 7) is 29.5. The van der Waals surface area contributed by atoms with Gasteiger partial charge in [-0.3, -0.25) is 10.2 Å². The van der Waals surface area contributed by atoms with Gasteiger partial charge in [0.05, 0.1) is 6.67 Å². The predicted molar refractivity (Wildman–Crippen MR) is 239 cm³/mol. The van der Waals surface area contributed by atoms with Gasteiger partial charge in [0.25, 0.3) is 0 Å². The maximum Gasteiger partial charge on any atom is 0.232 e. The van der Waals surface area contributed by atoms with Crippen LogP contribution in [0.3, 0.4) is 0 Å². The van der Waals surface area contributed by atoms with E-state index in [0.717, 1.165) is 82.9 Å². The molecule has 0 spiro atoms. The van der Waals surface area contributed by atoms with Crippen molar-refractivity contribution >= 4 is 17.8 Å². The average molecular weight is 760 g/mol. The minimum absolute atomic E-state index is 0. The van der Waals surface area contributed by atoms with Gasteiger partial charge in [-0.1, -0.05) is 106 Å². The molecule has 3 heterocycles. The zero-order chi connectivity index (χ0) is 38.4. The number of nitrogens with one attached hydrogen (secondary N) is 3. The minimum atomic E-state index is 0. The summed E-state index contributed by atoms with van der Waals surface area (Å²) in [6.07, 6.45) is 22.4. The maximum atomic E-state index is 5.45. The molecule has 3 N–H and O–H groups in total. The lowest BCUT2D eigenvalue weighted by Crippen LogP contribution is -2.63. The first-order valence-electron chi connectivity index (χ1n) is 21.8. The van der Waals surface area contributed by atoms with Crippen LogP contribution in [0.25, 0.3) is 0 Å². The Bertz CT molecular complexity index is 1120. The third kappa shape index (κ3) is 16.0. The molecule has 2 aliphatic heterocycles. The summed E-state index contributed by atoms with van der Waals surface area (Å²) in [4.78, 5) is 23.6. The van der Waals surface area contributed by atoms with Crippen molar-refractivity contribution in [2.45, 2.75) is 241 Å². The fourth-order valence-corrected chi connectivity index (χ4v) is 9.23. The fraction of sp³-hybridized carbons (Fsp3) is 0.933. The molecule has 0 amide bonds. The van der Waals surface area contributed by atoms with E-state index in [-0.39, 0.29) is 37.0 Å². The van der Waals surface area contributed by atoms with Crippen LogP contribution in [0.4, 0.5) is 17.8 Å². The lowest BCUT2D eigenvalue weighted by Gasteiger charge is -2.55. The Morgan fingerprint density at radius 2 is 1.00 bits per heavy atom. The van der Waals surface area contributed by atoms with Gasteiger partial charge < -0.3 is 20.4 Å². The van der Waals surface area contributed by atoms with Gasteiger partial charge in [-0.05, 0) is 114 Å². The topological polar surface area (TPSA) is 84.5 Å². The van der Waals surface area contributed by atoms with Crippen LogP contribution in [0.2, 0.25) is 0 Å². The molecule has 2 aliphatic rings. The summed E-state index contributed by atoms with van der Waals surface area (Å²) in [5.41, 5.74) is 0.216. The molecule has 9 heteroatoms. The molecule has 0 unspecified atom stereocenters. The molecule has 54 heavy (non-hydrogen) atoms. The minimum Gasteiger partial charge on any atom is -0.341 e. The summed E-state index contributed by atoms with van der Waals surface area (Å²) in [6, 6.07) is 0.701. The Balaban J connectivity index is 0.00000729. The summed E-state index contributed by atoms with van der Waals surface area (Å²) in [5.74, 6) is 2.37. The second kappa shape index (κ2) is 23.5. The summed E-state index contributed by atoms with van der Waals surface area (Å²) < 4.78 is 0. The first-order chi connectivity index (χ1) is 24.5. The van der Waals surface area contributed by atoms with Crippen molar-refractivity contribution < 1.29 is 0 Å². The molecule has 0 radical (unpaired) electrons. The molecule has 1 aromatic heterocycles. The second-order valence-electron chi connectivity index (χ2n) is 19.1. The molecule has 0 saturated carbocycles. The van der Waals surface area contributed by atoms with E-state index in [1.807, 2.05) is 0 Å². The van der Waals surface area contributed by atoms with Gasteiger partial charge in [-0.15, -0.1) is 0 Å². The first kappa shape index (κ1) is 50.3. The van der Waals surface area contributed by atoms with Crippen molar-refractivity contribution in [3.8, 4) is 0 Å². The highest BCUT2D eigenvalue weighted by molar-refractivity contribution is 5.47. The van der Waals surface area contributed by atoms with Crippen molar-refractivity contribution in [3.63, 3.8) is 0 Å². The largest absolute Gasteiger partial charge is 0.341 e. The second-order valence-corrected chi connectivity index (χ2v) is 19.1. The van der Waals surface area contributed by atoms with Crippen LogP contribution in [-0.2, 0) is 0 Å². The Morgan fingerprint density at radius 3 is 1.44 bits per heavy atom. The number of unbranched alkanes of at least 4 members (excludes halogenated alkanes) is 11. The molecular formula is C45H93N9. The Kier molecular flexibility index (Phi) is 21.9. The number of rotatable bonds is 24. The molecule has 9 nitrogen and oxygen atoms in total. The molecule has 3 rings (SSSR count). The van der Waals surface area contributed by atoms with Crippen LogP contribution < -0.4 is 25.8 Å². The van der Waals surface area contributed by atoms with Gasteiger partial charge in [-0.25, -0.2) is 0 Å². The van der Waals surface area contributed by atoms with E-state index in [0.29, 0.717) is 24.7 Å². The van der Waals surface area contributed by atoms with Crippen molar-refractivity contribution in [1.29, 1.82) is 0 Å². The molecule has 2 fully saturated rings. The van der Waals surface area contributed by atoms with Gasteiger partial charge in [0.15, 0.2) is 0 Å². The van der Waals surface area contributed by atoms with E-state index >= 15 is 0 Å². The lowest BCUT2D eigenvalue weighted by atomic mass is 9.77. The number of nitrogens with zero attached hydrogens (tertiary/aromatic N) is 6. The highest BCUT2D eigenvalue weighted by atomic mass is 15.4. The Morgan fingerprint density at radius 1 is 0.593 bits per heavy atom. The third-order valence-electron chi connectivity index (χ3n) is 12.0. The van der Waals surface area contributed by atoms with E-state index in [1.165, 1.54) is 64.2 Å². The normalized spacial score (nSPS) is 19.5. The summed E-state index contributed by atoms with van der Waals surface area (Å²) in [7, 11) is 2.30. The summed E-state index contributed by atoms with van der Waals surface area (Å²) >= 11 is 0. The van der Waals surface area contributed by atoms with E-state index in [4.69, 9.17) is 15.0 Å². The molecule has 318 valence electrons. The van der Waals surface area contributed by atoms with Crippen molar-refractivity contribution in [2.24, 2.45) is 0 Å². The highest BCUT2D eigenvalue weighted by Crippen LogP contribution is 2.40. The van der Waals surface area contributed by atoms with E-state index < -0.39 is 0 Å². The SMILES string of the molecule is C.C.CCCCCCCCCCCCNCNc1nc(N(CCCC)C2CC(C)(C)NC(C)(C)C2)nc(N(CCCC)C2CC(C)(C)N(C)C(C)(C)C2)n1. The summed E-state index contributed by atoms with van der Waals surface area (Å²) in [5, 5.41) is 11.2. The molecule has 0 aliphatic carbocycles. The van der Waals surface area contributed by atoms with Crippen LogP contribution in [-0.4, -0.2) is 87.4 Å².